The molecule has 2 aliphatic carbocycles. The van der Waals surface area contributed by atoms with E-state index in [9.17, 15) is 18.3 Å². The molecule has 4 rings (SSSR count). The number of carbonyl (C=O) groups excluding carboxylic acids is 1. The zero-order valence-electron chi connectivity index (χ0n) is 20.2. The molecular weight excluding hydrogens is 472 g/mol. The van der Waals surface area contributed by atoms with Gasteiger partial charge in [0.1, 0.15) is 5.75 Å². The number of sulfonamides is 1. The second-order valence-electron chi connectivity index (χ2n) is 9.44. The number of aliphatic hydroxyl groups is 1. The Morgan fingerprint density at radius 2 is 1.86 bits per heavy atom. The molecule has 1 aromatic carbocycles. The molecule has 1 heterocycles. The van der Waals surface area contributed by atoms with Crippen LogP contribution in [0.2, 0.25) is 0 Å². The van der Waals surface area contributed by atoms with Crippen molar-refractivity contribution in [2.45, 2.75) is 62.2 Å². The fourth-order valence-electron chi connectivity index (χ4n) is 4.79. The zero-order valence-corrected chi connectivity index (χ0v) is 21.0. The average molecular weight is 509 g/mol. The van der Waals surface area contributed by atoms with Gasteiger partial charge in [0.15, 0.2) is 5.76 Å². The van der Waals surface area contributed by atoms with Gasteiger partial charge in [0, 0.05) is 25.6 Å². The third-order valence-electron chi connectivity index (χ3n) is 6.92. The van der Waals surface area contributed by atoms with Gasteiger partial charge in [-0.15, -0.1) is 0 Å². The van der Waals surface area contributed by atoms with Crippen molar-refractivity contribution in [3.63, 3.8) is 0 Å². The third kappa shape index (κ3) is 6.75. The van der Waals surface area contributed by atoms with Crippen LogP contribution in [0.25, 0.3) is 0 Å². The highest BCUT2D eigenvalue weighted by atomic mass is 32.2. The summed E-state index contributed by atoms with van der Waals surface area (Å²) in [6, 6.07) is 6.35. The average Bonchev–Trinajstić information content (AvgIpc) is 3.50. The van der Waals surface area contributed by atoms with E-state index in [4.69, 9.17) is 14.2 Å². The number of benzene rings is 1. The Hall–Kier alpha value is -2.14. The van der Waals surface area contributed by atoms with E-state index < -0.39 is 16.3 Å². The first kappa shape index (κ1) is 25.9. The van der Waals surface area contributed by atoms with Crippen molar-refractivity contribution < 1.29 is 32.5 Å². The van der Waals surface area contributed by atoms with Gasteiger partial charge in [-0.25, -0.2) is 8.42 Å². The Balaban J connectivity index is 1.38. The molecule has 0 saturated heterocycles. The van der Waals surface area contributed by atoms with Crippen LogP contribution in [-0.4, -0.2) is 69.5 Å². The normalized spacial score (nSPS) is 23.1. The first-order valence-electron chi connectivity index (χ1n) is 12.5. The number of hydrogen-bond acceptors (Lipinski definition) is 7. The van der Waals surface area contributed by atoms with Crippen LogP contribution in [0.5, 0.6) is 5.75 Å². The minimum atomic E-state index is -3.82. The van der Waals surface area contributed by atoms with Crippen molar-refractivity contribution in [2.24, 2.45) is 11.8 Å². The molecule has 2 saturated carbocycles. The summed E-state index contributed by atoms with van der Waals surface area (Å²) >= 11 is 0. The molecular formula is C25H36N2O7S. The van der Waals surface area contributed by atoms with E-state index >= 15 is 0 Å². The molecule has 0 aromatic heterocycles. The van der Waals surface area contributed by atoms with E-state index in [0.29, 0.717) is 23.8 Å². The predicted molar refractivity (Wildman–Crippen MR) is 129 cm³/mol. The molecule has 9 nitrogen and oxygen atoms in total. The number of amides is 1. The minimum Gasteiger partial charge on any atom is -0.497 e. The summed E-state index contributed by atoms with van der Waals surface area (Å²) in [6.45, 7) is -0.235. The van der Waals surface area contributed by atoms with Gasteiger partial charge in [0.25, 0.3) is 5.91 Å². The highest BCUT2D eigenvalue weighted by molar-refractivity contribution is 7.89. The Morgan fingerprint density at radius 1 is 1.14 bits per heavy atom. The van der Waals surface area contributed by atoms with Crippen LogP contribution < -0.4 is 10.1 Å². The summed E-state index contributed by atoms with van der Waals surface area (Å²) < 4.78 is 44.4. The molecule has 1 aromatic rings. The van der Waals surface area contributed by atoms with Crippen LogP contribution in [-0.2, 0) is 24.3 Å². The maximum Gasteiger partial charge on any atom is 0.286 e. The Labute approximate surface area is 207 Å². The van der Waals surface area contributed by atoms with Gasteiger partial charge < -0.3 is 24.6 Å². The lowest BCUT2D eigenvalue weighted by atomic mass is 9.86. The fourth-order valence-corrected chi connectivity index (χ4v) is 6.20. The molecule has 3 aliphatic rings. The highest BCUT2D eigenvalue weighted by Crippen LogP contribution is 2.38. The molecule has 2 atom stereocenters. The number of nitrogens with zero attached hydrogens (tertiary/aromatic N) is 1. The summed E-state index contributed by atoms with van der Waals surface area (Å²) in [5, 5.41) is 12.4. The summed E-state index contributed by atoms with van der Waals surface area (Å²) in [5.41, 5.74) is 0. The monoisotopic (exact) mass is 508 g/mol. The van der Waals surface area contributed by atoms with E-state index in [1.165, 1.54) is 36.4 Å². The standard InChI is InChI=1S/C25H36N2O7S/c1-32-21-8-10-22(11-9-21)35(30,31)27(12-14-28)13-15-33-24-17-19(18-4-2-3-5-18)16-23(34-24)25(29)26-20-6-7-20/h8-11,16,18-20,24,28H,2-7,12-15,17H2,1H3,(H,26,29)/t19-,24+/m0/s1. The van der Waals surface area contributed by atoms with Crippen LogP contribution in [0.3, 0.4) is 0 Å². The van der Waals surface area contributed by atoms with Crippen LogP contribution in [0.4, 0.5) is 0 Å². The van der Waals surface area contributed by atoms with Gasteiger partial charge >= 0.3 is 0 Å². The van der Waals surface area contributed by atoms with Gasteiger partial charge in [-0.2, -0.15) is 4.31 Å². The Kier molecular flexibility index (Phi) is 8.69. The minimum absolute atomic E-state index is 0.0518. The van der Waals surface area contributed by atoms with E-state index in [1.807, 2.05) is 6.08 Å². The number of hydrogen-bond donors (Lipinski definition) is 2. The topological polar surface area (TPSA) is 114 Å². The number of carbonyl (C=O) groups is 1. The molecule has 0 spiro atoms. The van der Waals surface area contributed by atoms with Crippen molar-refractivity contribution in [3.8, 4) is 5.75 Å². The van der Waals surface area contributed by atoms with Crippen LogP contribution in [0.15, 0.2) is 41.0 Å². The first-order valence-corrected chi connectivity index (χ1v) is 13.9. The molecule has 35 heavy (non-hydrogen) atoms. The van der Waals surface area contributed by atoms with E-state index in [-0.39, 0.29) is 49.1 Å². The van der Waals surface area contributed by atoms with Crippen molar-refractivity contribution in [1.29, 1.82) is 0 Å². The lowest BCUT2D eigenvalue weighted by Gasteiger charge is -2.32. The molecule has 2 N–H and O–H groups in total. The van der Waals surface area contributed by atoms with Gasteiger partial charge in [0.2, 0.25) is 16.3 Å². The molecule has 1 aliphatic heterocycles. The number of aliphatic hydroxyl groups excluding tert-OH is 1. The predicted octanol–water partition coefficient (Wildman–Crippen LogP) is 2.41. The van der Waals surface area contributed by atoms with Crippen molar-refractivity contribution in [3.05, 3.63) is 36.1 Å². The quantitative estimate of drug-likeness (QED) is 0.446. The maximum atomic E-state index is 13.1. The molecule has 0 bridgehead atoms. The summed E-state index contributed by atoms with van der Waals surface area (Å²) in [7, 11) is -2.31. The zero-order chi connectivity index (χ0) is 24.8. The van der Waals surface area contributed by atoms with Crippen molar-refractivity contribution in [1.82, 2.24) is 9.62 Å². The number of nitrogens with one attached hydrogen (secondary N) is 1. The number of allylic oxidation sites excluding steroid dienone is 1. The Bertz CT molecular complexity index is 986. The molecule has 0 radical (unpaired) electrons. The summed E-state index contributed by atoms with van der Waals surface area (Å²) in [6.07, 6.45) is 8.63. The molecule has 0 unspecified atom stereocenters. The third-order valence-corrected chi connectivity index (χ3v) is 8.83. The summed E-state index contributed by atoms with van der Waals surface area (Å²) in [4.78, 5) is 12.8. The van der Waals surface area contributed by atoms with Crippen LogP contribution in [0.1, 0.15) is 44.9 Å². The van der Waals surface area contributed by atoms with Gasteiger partial charge in [-0.05, 0) is 67.9 Å². The van der Waals surface area contributed by atoms with Crippen molar-refractivity contribution >= 4 is 15.9 Å². The Morgan fingerprint density at radius 3 is 2.49 bits per heavy atom. The molecule has 1 amide bonds. The van der Waals surface area contributed by atoms with Gasteiger partial charge in [-0.3, -0.25) is 4.79 Å². The van der Waals surface area contributed by atoms with Crippen LogP contribution >= 0.6 is 0 Å². The lowest BCUT2D eigenvalue weighted by Crippen LogP contribution is -2.39. The smallest absolute Gasteiger partial charge is 0.286 e. The second-order valence-corrected chi connectivity index (χ2v) is 11.4. The van der Waals surface area contributed by atoms with Crippen molar-refractivity contribution in [2.75, 3.05) is 33.4 Å². The molecule has 194 valence electrons. The van der Waals surface area contributed by atoms with Crippen LogP contribution in [0, 0.1) is 11.8 Å². The number of ether oxygens (including phenoxy) is 3. The van der Waals surface area contributed by atoms with E-state index in [0.717, 1.165) is 25.7 Å². The van der Waals surface area contributed by atoms with E-state index in [1.54, 1.807) is 12.1 Å². The van der Waals surface area contributed by atoms with E-state index in [2.05, 4.69) is 5.32 Å². The first-order chi connectivity index (χ1) is 16.9. The maximum absolute atomic E-state index is 13.1. The molecule has 2 fully saturated rings. The fraction of sp³-hybridized carbons (Fsp3) is 0.640. The highest BCUT2D eigenvalue weighted by Gasteiger charge is 2.35. The summed E-state index contributed by atoms with van der Waals surface area (Å²) in [5.74, 6) is 1.38. The lowest BCUT2D eigenvalue weighted by molar-refractivity contribution is -0.151. The second kappa shape index (κ2) is 11.7. The largest absolute Gasteiger partial charge is 0.497 e. The number of methoxy groups -OCH3 is 1. The number of rotatable bonds is 12. The SMILES string of the molecule is COc1ccc(S(=O)(=O)N(CCO)CCO[C@H]2C[C@@H](C3CCCC3)C=C(C(=O)NC3CC3)O2)cc1. The van der Waals surface area contributed by atoms with Gasteiger partial charge in [0.05, 0.1) is 25.2 Å². The molecule has 10 heteroatoms. The van der Waals surface area contributed by atoms with Gasteiger partial charge in [-0.1, -0.05) is 12.8 Å².